The highest BCUT2D eigenvalue weighted by molar-refractivity contribution is 5.39. The highest BCUT2D eigenvalue weighted by atomic mass is 14.5. The summed E-state index contributed by atoms with van der Waals surface area (Å²) in [5.74, 6) is 0. The smallest absolute Gasteiger partial charge is 0.0266 e. The predicted octanol–water partition coefficient (Wildman–Crippen LogP) is 34.1. The van der Waals surface area contributed by atoms with E-state index in [2.05, 4.69) is 255 Å². The van der Waals surface area contributed by atoms with Crippen LogP contribution in [-0.2, 0) is 5.41 Å². The summed E-state index contributed by atoms with van der Waals surface area (Å²) in [7, 11) is 0. The lowest BCUT2D eigenvalue weighted by Gasteiger charge is -2.49. The molecule has 3 unspecified atom stereocenters. The first kappa shape index (κ1) is 74.7. The van der Waals surface area contributed by atoms with E-state index in [4.69, 9.17) is 21.9 Å². The molecule has 0 N–H and O–H groups in total. The van der Waals surface area contributed by atoms with E-state index < -0.39 is 67.2 Å². The van der Waals surface area contributed by atoms with Gasteiger partial charge in [0, 0.05) is 27.3 Å². The summed E-state index contributed by atoms with van der Waals surface area (Å²) in [6.45, 7) is 88.2. The van der Waals surface area contributed by atoms with E-state index in [-0.39, 0.29) is 22.7 Å². The van der Waals surface area contributed by atoms with E-state index in [1.165, 1.54) is 76.8 Å². The standard InChI is InChI=1S/C17H20.2C11H24.3C9H20.3C7H16.C5H12/c1-3-17(4-2,15-11-7-5-8-12-15)16-13-9-6-10-14-16;2*1-9(2,3)11(7,8)10(4,5)6;3*1-7-9(5,6)8(2,3)4;2*1-5-6-7(2,3)4;1-5-7(3,4)6-2;1-3-5-4-2/h5-14H,3-4H2,1-2H3;2*1-8H3;3*7H2,1-6H3;3*5-6H2,1-4H3;3-5H2,1-2H3/i;1D3,7D3;;2*5D3;;;;;3D2,5D2. The Morgan fingerprint density at radius 2 is 0.543 bits per heavy atom. The van der Waals surface area contributed by atoms with Crippen LogP contribution in [0.15, 0.2) is 60.7 Å². The molecule has 3 atom stereocenters. The van der Waals surface area contributed by atoms with Crippen LogP contribution in [0.2, 0.25) is 0 Å². The Labute approximate surface area is 613 Å². The van der Waals surface area contributed by atoms with Gasteiger partial charge in [-0.15, -0.1) is 0 Å². The monoisotopic (exact) mass is 1310 g/mol. The lowest BCUT2D eigenvalue weighted by Crippen LogP contribution is -2.41. The van der Waals surface area contributed by atoms with Gasteiger partial charge in [0.15, 0.2) is 0 Å². The van der Waals surface area contributed by atoms with Crippen molar-refractivity contribution < 1.29 is 21.9 Å². The van der Waals surface area contributed by atoms with Crippen LogP contribution in [0.4, 0.5) is 0 Å². The van der Waals surface area contributed by atoms with Crippen LogP contribution in [0.1, 0.15) is 469 Å². The summed E-state index contributed by atoms with van der Waals surface area (Å²) in [5.41, 5.74) is 2.00. The first-order chi connectivity index (χ1) is 46.8. The molecule has 0 aliphatic heterocycles. The fourth-order valence-electron chi connectivity index (χ4n) is 8.33. The van der Waals surface area contributed by atoms with Crippen LogP contribution < -0.4 is 0 Å². The van der Waals surface area contributed by atoms with E-state index in [1.807, 2.05) is 69.2 Å². The van der Waals surface area contributed by atoms with Crippen LogP contribution in [0, 0.1) is 81.2 Å². The van der Waals surface area contributed by atoms with E-state index in [1.54, 1.807) is 34.6 Å². The summed E-state index contributed by atoms with van der Waals surface area (Å²) in [6.07, 6.45) is 9.61. The minimum absolute atomic E-state index is 0.169. The van der Waals surface area contributed by atoms with Gasteiger partial charge in [-0.25, -0.2) is 0 Å². The molecular formula is C92H188. The Kier molecular flexibility index (Phi) is 36.7. The average Bonchev–Trinajstić information content (AvgIpc) is 0.715. The van der Waals surface area contributed by atoms with Crippen molar-refractivity contribution in [2.24, 2.45) is 81.2 Å². The summed E-state index contributed by atoms with van der Waals surface area (Å²) < 4.78 is 119. The zero-order valence-electron chi connectivity index (χ0n) is 88.3. The fourth-order valence-corrected chi connectivity index (χ4v) is 8.33. The highest BCUT2D eigenvalue weighted by Gasteiger charge is 2.43. The van der Waals surface area contributed by atoms with Crippen molar-refractivity contribution in [3.8, 4) is 0 Å². The third kappa shape index (κ3) is 46.6. The first-order valence-electron chi connectivity index (χ1n) is 44.9. The second-order valence-electron chi connectivity index (χ2n) is 38.3. The second kappa shape index (κ2) is 45.2. The van der Waals surface area contributed by atoms with Crippen LogP contribution in [0.3, 0.4) is 0 Å². The Hall–Kier alpha value is -1.56. The molecule has 0 saturated carbocycles. The van der Waals surface area contributed by atoms with Gasteiger partial charge in [0.25, 0.3) is 0 Å². The van der Waals surface area contributed by atoms with Gasteiger partial charge in [0.05, 0.1) is 0 Å². The van der Waals surface area contributed by atoms with Gasteiger partial charge in [-0.1, -0.05) is 471 Å². The predicted molar refractivity (Wildman–Crippen MR) is 438 cm³/mol. The third-order valence-electron chi connectivity index (χ3n) is 22.3. The quantitative estimate of drug-likeness (QED) is 0.188. The Balaban J connectivity index is -0.000000174. The van der Waals surface area contributed by atoms with Crippen molar-refractivity contribution in [3.05, 3.63) is 71.8 Å². The van der Waals surface area contributed by atoms with Crippen molar-refractivity contribution in [2.75, 3.05) is 0 Å². The van der Waals surface area contributed by atoms with Crippen molar-refractivity contribution >= 4 is 0 Å². The van der Waals surface area contributed by atoms with E-state index in [0.717, 1.165) is 12.8 Å². The molecule has 0 spiro atoms. The molecule has 2 aromatic rings. The number of hydrogen-bond acceptors (Lipinski definition) is 0. The molecule has 0 aliphatic carbocycles. The summed E-state index contributed by atoms with van der Waals surface area (Å²) in [4.78, 5) is 0. The molecule has 0 fully saturated rings. The normalized spacial score (nSPS) is 18.1. The minimum atomic E-state index is -2.33. The molecular weight excluding hydrogens is 1110 g/mol. The van der Waals surface area contributed by atoms with Crippen molar-refractivity contribution in [2.45, 2.75) is 441 Å². The molecule has 0 radical (unpaired) electrons. The SMILES string of the molecule is CC(C)(C)C(C)(C)C(C)(C)C.CCC(C)(C)C(C)(C)C.CCC(C)(C)CC.CCC(CC)(c1ccccc1)c1ccccc1.CCCC(C)(C)C.CCCC(C)(C)C.[2H]C([2H])(C)C([2H])([2H])CC.[2H]C([2H])([2H])C(C)(C)C(C)(C([2H])([2H])[2H])C(C)(C)C.[2H]C([2H])([2H])C(C)(CC)C(C)(C)C.[2H]C([2H])([2H])C(C)(CC)C(C)(C)C. The molecule has 0 aliphatic rings. The Morgan fingerprint density at radius 1 is 0.272 bits per heavy atom. The zero-order valence-corrected chi connectivity index (χ0v) is 72.3. The topological polar surface area (TPSA) is 0 Å². The van der Waals surface area contributed by atoms with E-state index in [0.29, 0.717) is 56.2 Å². The molecule has 2 rings (SSSR count). The molecule has 0 heteroatoms. The van der Waals surface area contributed by atoms with Crippen LogP contribution in [0.25, 0.3) is 0 Å². The van der Waals surface area contributed by atoms with Gasteiger partial charge in [-0.3, -0.25) is 0 Å². The zero-order chi connectivity index (χ0) is 89.7. The van der Waals surface area contributed by atoms with Gasteiger partial charge in [0.1, 0.15) is 0 Å². The Bertz CT molecular complexity index is 2390. The highest BCUT2D eigenvalue weighted by Crippen LogP contribution is 2.52. The fraction of sp³-hybridized carbons (Fsp3) is 0.870. The molecule has 0 amide bonds. The van der Waals surface area contributed by atoms with Crippen molar-refractivity contribution in [1.82, 2.24) is 0 Å². The average molecular weight is 1310 g/mol. The molecule has 556 valence electrons. The Morgan fingerprint density at radius 3 is 0.609 bits per heavy atom. The molecule has 2 aromatic carbocycles. The van der Waals surface area contributed by atoms with Crippen LogP contribution in [0.5, 0.6) is 0 Å². The van der Waals surface area contributed by atoms with E-state index in [9.17, 15) is 0 Å². The van der Waals surface area contributed by atoms with Gasteiger partial charge < -0.3 is 0 Å². The molecule has 0 heterocycles. The number of rotatable bonds is 13. The third-order valence-corrected chi connectivity index (χ3v) is 22.3. The lowest BCUT2D eigenvalue weighted by molar-refractivity contribution is 0.00566. The lowest BCUT2D eigenvalue weighted by atomic mass is 9.56. The van der Waals surface area contributed by atoms with Gasteiger partial charge >= 0.3 is 0 Å². The largest absolute Gasteiger partial charge is 0.0654 e. The van der Waals surface area contributed by atoms with Gasteiger partial charge in [-0.2, -0.15) is 0 Å². The molecule has 0 saturated heterocycles. The minimum Gasteiger partial charge on any atom is -0.0654 e. The first-order valence-corrected chi connectivity index (χ1v) is 36.9. The van der Waals surface area contributed by atoms with Gasteiger partial charge in [-0.05, 0) is 118 Å². The van der Waals surface area contributed by atoms with E-state index >= 15 is 0 Å². The molecule has 92 heavy (non-hydrogen) atoms. The van der Waals surface area contributed by atoms with Gasteiger partial charge in [0.2, 0.25) is 0 Å². The van der Waals surface area contributed by atoms with Crippen LogP contribution >= 0.6 is 0 Å². The summed E-state index contributed by atoms with van der Waals surface area (Å²) >= 11 is 0. The summed E-state index contributed by atoms with van der Waals surface area (Å²) in [5, 5.41) is 0. The molecule has 0 aromatic heterocycles. The van der Waals surface area contributed by atoms with Crippen molar-refractivity contribution in [3.63, 3.8) is 0 Å². The van der Waals surface area contributed by atoms with Crippen molar-refractivity contribution in [1.29, 1.82) is 0 Å². The number of benzene rings is 2. The maximum atomic E-state index is 7.76. The number of hydrogen-bond donors (Lipinski definition) is 0. The maximum Gasteiger partial charge on any atom is 0.0266 e. The van der Waals surface area contributed by atoms with Crippen LogP contribution in [-0.4, -0.2) is 0 Å². The molecule has 0 bridgehead atoms. The maximum absolute atomic E-state index is 7.76. The molecule has 0 nitrogen and oxygen atoms in total. The second-order valence-corrected chi connectivity index (χ2v) is 38.3. The summed E-state index contributed by atoms with van der Waals surface area (Å²) in [6, 6.07) is 21.7.